The van der Waals surface area contributed by atoms with Gasteiger partial charge < -0.3 is 19.9 Å². The van der Waals surface area contributed by atoms with Crippen LogP contribution in [0.25, 0.3) is 0 Å². The summed E-state index contributed by atoms with van der Waals surface area (Å²) >= 11 is 0. The van der Waals surface area contributed by atoms with Gasteiger partial charge in [-0.15, -0.1) is 0 Å². The van der Waals surface area contributed by atoms with E-state index >= 15 is 0 Å². The lowest BCUT2D eigenvalue weighted by molar-refractivity contribution is -0.147. The summed E-state index contributed by atoms with van der Waals surface area (Å²) in [6.45, 7) is 3.78. The zero-order valence-corrected chi connectivity index (χ0v) is 26.3. The highest BCUT2D eigenvalue weighted by Crippen LogP contribution is 2.31. The number of sulfonamides is 1. The van der Waals surface area contributed by atoms with Gasteiger partial charge in [-0.05, 0) is 42.5 Å². The van der Waals surface area contributed by atoms with Gasteiger partial charge in [0.25, 0.3) is 5.91 Å². The lowest BCUT2D eigenvalue weighted by atomic mass is 10.0. The molecule has 12 nitrogen and oxygen atoms in total. The molecule has 0 spiro atoms. The van der Waals surface area contributed by atoms with Crippen LogP contribution in [0.5, 0.6) is 5.75 Å². The number of halogens is 1. The van der Waals surface area contributed by atoms with Crippen molar-refractivity contribution in [2.75, 3.05) is 16.8 Å². The lowest BCUT2D eigenvalue weighted by Gasteiger charge is -2.25. The molecule has 2 atom stereocenters. The van der Waals surface area contributed by atoms with Crippen molar-refractivity contribution in [1.29, 1.82) is 0 Å². The Morgan fingerprint density at radius 3 is 2.26 bits per heavy atom. The molecule has 1 aliphatic rings. The minimum atomic E-state index is -3.74. The number of esters is 1. The topological polar surface area (TPSA) is 182 Å². The van der Waals surface area contributed by atoms with Crippen LogP contribution in [0, 0.1) is 0 Å². The van der Waals surface area contributed by atoms with Crippen LogP contribution < -0.4 is 14.8 Å². The van der Waals surface area contributed by atoms with Gasteiger partial charge in [-0.2, -0.15) is 0 Å². The molecule has 1 aliphatic heterocycles. The summed E-state index contributed by atoms with van der Waals surface area (Å²) in [5.74, 6) is -2.23. The molecular formula is C28H37ClN2O10S2. The lowest BCUT2D eigenvalue weighted by Crippen LogP contribution is -2.44. The van der Waals surface area contributed by atoms with Gasteiger partial charge in [0.2, 0.25) is 19.1 Å². The van der Waals surface area contributed by atoms with Crippen LogP contribution >= 0.6 is 10.7 Å². The van der Waals surface area contributed by atoms with Gasteiger partial charge in [-0.1, -0.05) is 63.1 Å². The van der Waals surface area contributed by atoms with E-state index in [0.29, 0.717) is 30.5 Å². The van der Waals surface area contributed by atoms with Gasteiger partial charge in [0.1, 0.15) is 18.4 Å². The number of rotatable bonds is 15. The second kappa shape index (κ2) is 17.2. The van der Waals surface area contributed by atoms with E-state index in [1.165, 1.54) is 6.07 Å². The maximum absolute atomic E-state index is 12.9. The van der Waals surface area contributed by atoms with E-state index < -0.39 is 55.5 Å². The number of unbranched alkanes of at least 4 members (excludes halogenated alkanes) is 2. The molecule has 15 heteroatoms. The number of hydrogen-bond acceptors (Lipinski definition) is 9. The molecule has 0 aromatic heterocycles. The summed E-state index contributed by atoms with van der Waals surface area (Å²) in [4.78, 5) is 36.0. The van der Waals surface area contributed by atoms with Gasteiger partial charge in [0, 0.05) is 10.7 Å². The van der Waals surface area contributed by atoms with E-state index in [2.05, 4.69) is 10.0 Å². The largest absolute Gasteiger partial charge is 0.481 e. The first-order chi connectivity index (χ1) is 20.2. The number of fused-ring (bicyclic) bond motifs is 1. The molecule has 0 saturated heterocycles. The number of carbonyl (C=O) groups is 3. The van der Waals surface area contributed by atoms with Crippen molar-refractivity contribution in [2.45, 2.75) is 71.1 Å². The fourth-order valence-electron chi connectivity index (χ4n) is 3.78. The van der Waals surface area contributed by atoms with Crippen molar-refractivity contribution in [2.24, 2.45) is 0 Å². The number of anilines is 1. The molecule has 3 rings (SSSR count). The number of carbonyl (C=O) groups excluding carboxylic acids is 2. The first-order valence-corrected chi connectivity index (χ1v) is 17.8. The highest BCUT2D eigenvalue weighted by Gasteiger charge is 2.31. The Bertz CT molecular complexity index is 1450. The van der Waals surface area contributed by atoms with E-state index in [9.17, 15) is 31.2 Å². The molecule has 0 aliphatic carbocycles. The monoisotopic (exact) mass is 660 g/mol. The Balaban J connectivity index is 0.000000708. The molecule has 2 aromatic rings. The second-order valence-corrected chi connectivity index (χ2v) is 14.5. The molecule has 1 amide bonds. The SMILES string of the molecule is CCCCS(=O)(=O)Cl.CCCCS(=O)(=O)N[C@@H](Cc1ccc2c(c1)NC(=O)C(CC(=O)O)O2)C(=O)OCc1ccccc1. The summed E-state index contributed by atoms with van der Waals surface area (Å²) in [6, 6.07) is 12.5. The van der Waals surface area contributed by atoms with Gasteiger partial charge >= 0.3 is 11.9 Å². The van der Waals surface area contributed by atoms with Gasteiger partial charge in [-0.3, -0.25) is 14.4 Å². The van der Waals surface area contributed by atoms with Crippen molar-refractivity contribution in [3.05, 3.63) is 59.7 Å². The van der Waals surface area contributed by atoms with Crippen LogP contribution in [-0.2, 0) is 51.2 Å². The highest BCUT2D eigenvalue weighted by atomic mass is 35.7. The van der Waals surface area contributed by atoms with Crippen LogP contribution in [0.3, 0.4) is 0 Å². The minimum absolute atomic E-state index is 0.00802. The Morgan fingerprint density at radius 1 is 1.02 bits per heavy atom. The summed E-state index contributed by atoms with van der Waals surface area (Å²) in [5, 5.41) is 11.5. The Morgan fingerprint density at radius 2 is 1.67 bits per heavy atom. The van der Waals surface area contributed by atoms with Gasteiger partial charge in [-0.25, -0.2) is 21.6 Å². The van der Waals surface area contributed by atoms with E-state index in [-0.39, 0.29) is 30.3 Å². The van der Waals surface area contributed by atoms with Crippen LogP contribution in [0.2, 0.25) is 0 Å². The van der Waals surface area contributed by atoms with Crippen LogP contribution in [0.1, 0.15) is 57.1 Å². The number of carboxylic acid groups (broad SMARTS) is 1. The number of ether oxygens (including phenoxy) is 2. The molecule has 0 fully saturated rings. The number of hydrogen-bond donors (Lipinski definition) is 3. The van der Waals surface area contributed by atoms with Gasteiger partial charge in [0.15, 0.2) is 6.10 Å². The van der Waals surface area contributed by atoms with Gasteiger partial charge in [0.05, 0.1) is 23.6 Å². The van der Waals surface area contributed by atoms with E-state index in [1.54, 1.807) is 36.4 Å². The normalized spacial score (nSPS) is 15.1. The van der Waals surface area contributed by atoms with Crippen molar-refractivity contribution < 1.29 is 45.8 Å². The molecule has 3 N–H and O–H groups in total. The molecule has 2 aromatic carbocycles. The minimum Gasteiger partial charge on any atom is -0.481 e. The van der Waals surface area contributed by atoms with Crippen LogP contribution in [0.15, 0.2) is 48.5 Å². The van der Waals surface area contributed by atoms with Crippen molar-refractivity contribution in [1.82, 2.24) is 4.72 Å². The molecule has 0 saturated carbocycles. The average Bonchev–Trinajstić information content (AvgIpc) is 2.94. The fraction of sp³-hybridized carbons (Fsp3) is 0.464. The highest BCUT2D eigenvalue weighted by molar-refractivity contribution is 8.13. The third-order valence-electron chi connectivity index (χ3n) is 6.00. The fourth-order valence-corrected chi connectivity index (χ4v) is 6.14. The molecule has 0 bridgehead atoms. The quantitative estimate of drug-likeness (QED) is 0.189. The number of nitrogens with one attached hydrogen (secondary N) is 2. The number of carboxylic acids is 1. The molecular weight excluding hydrogens is 624 g/mol. The first kappa shape index (κ1) is 36.0. The number of aliphatic carboxylic acids is 1. The Labute approximate surface area is 256 Å². The number of amides is 1. The second-order valence-electron chi connectivity index (χ2n) is 9.76. The molecule has 43 heavy (non-hydrogen) atoms. The van der Waals surface area contributed by atoms with E-state index in [0.717, 1.165) is 12.0 Å². The third kappa shape index (κ3) is 13.8. The molecule has 238 valence electrons. The van der Waals surface area contributed by atoms with E-state index in [1.807, 2.05) is 19.9 Å². The van der Waals surface area contributed by atoms with Crippen LogP contribution in [-0.4, -0.2) is 63.4 Å². The smallest absolute Gasteiger partial charge is 0.324 e. The van der Waals surface area contributed by atoms with Crippen molar-refractivity contribution in [3.63, 3.8) is 0 Å². The number of benzene rings is 2. The average molecular weight is 661 g/mol. The molecule has 1 unspecified atom stereocenters. The zero-order chi connectivity index (χ0) is 32.0. The molecule has 0 radical (unpaired) electrons. The Kier molecular flexibility index (Phi) is 14.4. The van der Waals surface area contributed by atoms with Crippen LogP contribution in [0.4, 0.5) is 5.69 Å². The summed E-state index contributed by atoms with van der Waals surface area (Å²) in [7, 11) is -2.07. The molecule has 1 heterocycles. The summed E-state index contributed by atoms with van der Waals surface area (Å²) in [6.07, 6.45) is 0.982. The summed E-state index contributed by atoms with van der Waals surface area (Å²) in [5.41, 5.74) is 1.61. The van der Waals surface area contributed by atoms with Crippen molar-refractivity contribution >= 4 is 53.3 Å². The Hall–Kier alpha value is -3.20. The predicted molar refractivity (Wildman–Crippen MR) is 162 cm³/mol. The van der Waals surface area contributed by atoms with E-state index in [4.69, 9.17) is 25.3 Å². The third-order valence-corrected chi connectivity index (χ3v) is 8.71. The maximum atomic E-state index is 12.9. The standard InChI is InChI=1S/C24H28N2O8S.C4H9ClO2S/c1-2-3-11-35(31,32)26-19(24(30)33-15-16-7-5-4-6-8-16)13-17-9-10-20-18(12-17)25-23(29)21(34-20)14-22(27)28;1-2-3-4-8(5,6)7/h4-10,12,19,21,26H,2-3,11,13-15H2,1H3,(H,25,29)(H,27,28);2-4H2,1H3/t19-,21?;/m0./s1. The predicted octanol–water partition coefficient (Wildman–Crippen LogP) is 3.59. The zero-order valence-electron chi connectivity index (χ0n) is 24.0. The first-order valence-electron chi connectivity index (χ1n) is 13.7. The maximum Gasteiger partial charge on any atom is 0.324 e. The summed E-state index contributed by atoms with van der Waals surface area (Å²) < 4.78 is 58.7. The van der Waals surface area contributed by atoms with Crippen molar-refractivity contribution in [3.8, 4) is 5.75 Å².